The van der Waals surface area contributed by atoms with Crippen LogP contribution in [0.3, 0.4) is 0 Å². The van der Waals surface area contributed by atoms with Gasteiger partial charge in [-0.05, 0) is 13.0 Å². The molecule has 1 atom stereocenters. The standard InChI is InChI=1S/C11H25NS/c1-6-8-10(12-7-2)9-13-11(3,4)5/h10,12H,6-9H2,1-5H3. The van der Waals surface area contributed by atoms with Gasteiger partial charge >= 0.3 is 0 Å². The predicted octanol–water partition coefficient (Wildman–Crippen LogP) is 3.30. The van der Waals surface area contributed by atoms with E-state index in [4.69, 9.17) is 0 Å². The molecule has 1 N–H and O–H groups in total. The molecule has 0 aliphatic carbocycles. The summed E-state index contributed by atoms with van der Waals surface area (Å²) >= 11 is 2.06. The van der Waals surface area contributed by atoms with Crippen LogP contribution in [0.15, 0.2) is 0 Å². The van der Waals surface area contributed by atoms with Crippen LogP contribution < -0.4 is 5.32 Å². The Kier molecular flexibility index (Phi) is 6.88. The molecule has 0 saturated carbocycles. The van der Waals surface area contributed by atoms with Gasteiger partial charge in [-0.1, -0.05) is 41.0 Å². The van der Waals surface area contributed by atoms with Crippen LogP contribution >= 0.6 is 11.8 Å². The molecule has 0 aromatic heterocycles. The van der Waals surface area contributed by atoms with Gasteiger partial charge in [0.2, 0.25) is 0 Å². The highest BCUT2D eigenvalue weighted by Crippen LogP contribution is 2.24. The summed E-state index contributed by atoms with van der Waals surface area (Å²) in [5, 5.41) is 3.54. The average molecular weight is 203 g/mol. The second-order valence-corrected chi connectivity index (χ2v) is 6.31. The molecular weight excluding hydrogens is 178 g/mol. The first-order valence-electron chi connectivity index (χ1n) is 5.37. The van der Waals surface area contributed by atoms with Gasteiger partial charge in [-0.15, -0.1) is 0 Å². The van der Waals surface area contributed by atoms with E-state index in [1.807, 2.05) is 0 Å². The Morgan fingerprint density at radius 3 is 2.23 bits per heavy atom. The maximum atomic E-state index is 3.54. The van der Waals surface area contributed by atoms with Gasteiger partial charge in [-0.25, -0.2) is 0 Å². The van der Waals surface area contributed by atoms with Crippen molar-refractivity contribution in [3.63, 3.8) is 0 Å². The Labute approximate surface area is 88.1 Å². The van der Waals surface area contributed by atoms with Crippen molar-refractivity contribution >= 4 is 11.8 Å². The van der Waals surface area contributed by atoms with Gasteiger partial charge in [-0.2, -0.15) is 11.8 Å². The molecule has 0 aliphatic rings. The quantitative estimate of drug-likeness (QED) is 0.711. The zero-order valence-electron chi connectivity index (χ0n) is 9.81. The van der Waals surface area contributed by atoms with Gasteiger partial charge in [0.1, 0.15) is 0 Å². The molecule has 0 aromatic carbocycles. The van der Waals surface area contributed by atoms with E-state index in [0.717, 1.165) is 6.54 Å². The van der Waals surface area contributed by atoms with Gasteiger partial charge < -0.3 is 5.32 Å². The fraction of sp³-hybridized carbons (Fsp3) is 1.00. The van der Waals surface area contributed by atoms with E-state index in [-0.39, 0.29) is 0 Å². The minimum absolute atomic E-state index is 0.404. The first-order chi connectivity index (χ1) is 5.99. The summed E-state index contributed by atoms with van der Waals surface area (Å²) < 4.78 is 0.404. The third-order valence-electron chi connectivity index (χ3n) is 1.85. The lowest BCUT2D eigenvalue weighted by molar-refractivity contribution is 0.529. The highest BCUT2D eigenvalue weighted by Gasteiger charge is 2.14. The largest absolute Gasteiger partial charge is 0.313 e. The second kappa shape index (κ2) is 6.72. The van der Waals surface area contributed by atoms with Crippen LogP contribution in [0.2, 0.25) is 0 Å². The summed E-state index contributed by atoms with van der Waals surface area (Å²) in [4.78, 5) is 0. The molecule has 0 saturated heterocycles. The molecule has 0 aliphatic heterocycles. The Hall–Kier alpha value is 0.310. The lowest BCUT2D eigenvalue weighted by Crippen LogP contribution is -2.32. The Morgan fingerprint density at radius 1 is 1.23 bits per heavy atom. The lowest BCUT2D eigenvalue weighted by atomic mass is 10.2. The van der Waals surface area contributed by atoms with Gasteiger partial charge in [0.05, 0.1) is 0 Å². The molecule has 0 heterocycles. The van der Waals surface area contributed by atoms with Crippen LogP contribution in [0.25, 0.3) is 0 Å². The van der Waals surface area contributed by atoms with Crippen molar-refractivity contribution < 1.29 is 0 Å². The highest BCUT2D eigenvalue weighted by molar-refractivity contribution is 8.00. The molecule has 2 heteroatoms. The van der Waals surface area contributed by atoms with Gasteiger partial charge in [0, 0.05) is 16.5 Å². The molecule has 0 fully saturated rings. The van der Waals surface area contributed by atoms with Crippen molar-refractivity contribution in [2.75, 3.05) is 12.3 Å². The summed E-state index contributed by atoms with van der Waals surface area (Å²) in [5.41, 5.74) is 0. The van der Waals surface area contributed by atoms with Crippen LogP contribution in [0.1, 0.15) is 47.5 Å². The van der Waals surface area contributed by atoms with E-state index in [0.29, 0.717) is 10.8 Å². The maximum Gasteiger partial charge on any atom is 0.0158 e. The summed E-state index contributed by atoms with van der Waals surface area (Å²) in [7, 11) is 0. The van der Waals surface area contributed by atoms with E-state index in [9.17, 15) is 0 Å². The number of nitrogens with one attached hydrogen (secondary N) is 1. The van der Waals surface area contributed by atoms with E-state index < -0.39 is 0 Å². The molecule has 80 valence electrons. The van der Waals surface area contributed by atoms with Crippen molar-refractivity contribution in [3.05, 3.63) is 0 Å². The van der Waals surface area contributed by atoms with E-state index in [1.165, 1.54) is 18.6 Å². The SMILES string of the molecule is CCCC(CSC(C)(C)C)NCC. The molecular formula is C11H25NS. The molecule has 0 rings (SSSR count). The molecule has 13 heavy (non-hydrogen) atoms. The topological polar surface area (TPSA) is 12.0 Å². The lowest BCUT2D eigenvalue weighted by Gasteiger charge is -2.23. The maximum absolute atomic E-state index is 3.54. The zero-order valence-corrected chi connectivity index (χ0v) is 10.6. The molecule has 1 nitrogen and oxygen atoms in total. The van der Waals surface area contributed by atoms with Gasteiger partial charge in [0.25, 0.3) is 0 Å². The molecule has 0 amide bonds. The number of thioether (sulfide) groups is 1. The fourth-order valence-corrected chi connectivity index (χ4v) is 2.22. The minimum atomic E-state index is 0.404. The Bertz CT molecular complexity index is 112. The minimum Gasteiger partial charge on any atom is -0.313 e. The van der Waals surface area contributed by atoms with Gasteiger partial charge in [0.15, 0.2) is 0 Å². The van der Waals surface area contributed by atoms with Gasteiger partial charge in [-0.3, -0.25) is 0 Å². The molecule has 0 aromatic rings. The van der Waals surface area contributed by atoms with Crippen molar-refractivity contribution in [2.45, 2.75) is 58.2 Å². The summed E-state index contributed by atoms with van der Waals surface area (Å²) in [6.45, 7) is 12.4. The third-order valence-corrected chi connectivity index (χ3v) is 3.28. The predicted molar refractivity (Wildman–Crippen MR) is 64.6 cm³/mol. The van der Waals surface area contributed by atoms with Crippen LogP contribution in [0.5, 0.6) is 0 Å². The number of rotatable bonds is 6. The number of hydrogen-bond acceptors (Lipinski definition) is 2. The highest BCUT2D eigenvalue weighted by atomic mass is 32.2. The smallest absolute Gasteiger partial charge is 0.0158 e. The summed E-state index contributed by atoms with van der Waals surface area (Å²) in [5.74, 6) is 1.24. The second-order valence-electron chi connectivity index (χ2n) is 4.47. The Balaban J connectivity index is 3.68. The molecule has 1 unspecified atom stereocenters. The van der Waals surface area contributed by atoms with Crippen LogP contribution in [-0.2, 0) is 0 Å². The molecule has 0 radical (unpaired) electrons. The van der Waals surface area contributed by atoms with Crippen molar-refractivity contribution in [1.82, 2.24) is 5.32 Å². The van der Waals surface area contributed by atoms with E-state index >= 15 is 0 Å². The normalized spacial score (nSPS) is 14.5. The summed E-state index contributed by atoms with van der Waals surface area (Å²) in [6.07, 6.45) is 2.58. The van der Waals surface area contributed by atoms with E-state index in [2.05, 4.69) is 51.7 Å². The first-order valence-corrected chi connectivity index (χ1v) is 6.35. The summed E-state index contributed by atoms with van der Waals surface area (Å²) in [6, 6.07) is 0.708. The van der Waals surface area contributed by atoms with Crippen molar-refractivity contribution in [1.29, 1.82) is 0 Å². The Morgan fingerprint density at radius 2 is 1.85 bits per heavy atom. The van der Waals surface area contributed by atoms with Crippen LogP contribution in [0, 0.1) is 0 Å². The van der Waals surface area contributed by atoms with Crippen molar-refractivity contribution in [2.24, 2.45) is 0 Å². The monoisotopic (exact) mass is 203 g/mol. The van der Waals surface area contributed by atoms with Crippen LogP contribution in [0.4, 0.5) is 0 Å². The van der Waals surface area contributed by atoms with Crippen LogP contribution in [-0.4, -0.2) is 23.1 Å². The zero-order chi connectivity index (χ0) is 10.3. The van der Waals surface area contributed by atoms with Crippen molar-refractivity contribution in [3.8, 4) is 0 Å². The fourth-order valence-electron chi connectivity index (χ4n) is 1.23. The average Bonchev–Trinajstić information content (AvgIpc) is 2.00. The number of hydrogen-bond donors (Lipinski definition) is 1. The first kappa shape index (κ1) is 13.3. The third kappa shape index (κ3) is 8.63. The van der Waals surface area contributed by atoms with E-state index in [1.54, 1.807) is 0 Å². The molecule has 0 spiro atoms. The molecule has 0 bridgehead atoms.